The van der Waals surface area contributed by atoms with E-state index >= 15 is 0 Å². The summed E-state index contributed by atoms with van der Waals surface area (Å²) >= 11 is 0. The molecule has 2 heterocycles. The molecule has 0 aliphatic heterocycles. The van der Waals surface area contributed by atoms with Crippen molar-refractivity contribution in [3.8, 4) is 22.4 Å². The van der Waals surface area contributed by atoms with Gasteiger partial charge in [-0.3, -0.25) is 9.48 Å². The van der Waals surface area contributed by atoms with E-state index in [0.717, 1.165) is 44.4 Å². The number of fused-ring (bicyclic) bond motifs is 1. The first-order valence-corrected chi connectivity index (χ1v) is 15.9. The molecule has 0 saturated carbocycles. The monoisotopic (exact) mass is 634 g/mol. The van der Waals surface area contributed by atoms with E-state index in [9.17, 15) is 14.3 Å². The minimum absolute atomic E-state index is 0.322. The van der Waals surface area contributed by atoms with Gasteiger partial charge in [0.1, 0.15) is 17.1 Å². The van der Waals surface area contributed by atoms with Gasteiger partial charge in [-0.05, 0) is 79.4 Å². The van der Waals surface area contributed by atoms with Crippen LogP contribution in [0.15, 0.2) is 146 Å². The van der Waals surface area contributed by atoms with Crippen molar-refractivity contribution in [1.29, 1.82) is 0 Å². The molecule has 1 atom stereocenters. The van der Waals surface area contributed by atoms with Crippen LogP contribution in [0.4, 0.5) is 4.39 Å². The highest BCUT2D eigenvalue weighted by atomic mass is 19.1. The second kappa shape index (κ2) is 12.1. The zero-order valence-corrected chi connectivity index (χ0v) is 27.0. The highest BCUT2D eigenvalue weighted by molar-refractivity contribution is 5.87. The van der Waals surface area contributed by atoms with Crippen molar-refractivity contribution in [2.45, 2.75) is 32.4 Å². The predicted octanol–water partition coefficient (Wildman–Crippen LogP) is 9.22. The zero-order chi connectivity index (χ0) is 33.5. The van der Waals surface area contributed by atoms with Crippen molar-refractivity contribution >= 4 is 17.0 Å². The van der Waals surface area contributed by atoms with Crippen LogP contribution in [-0.4, -0.2) is 30.4 Å². The van der Waals surface area contributed by atoms with Gasteiger partial charge in [0.05, 0.1) is 22.8 Å². The Morgan fingerprint density at radius 3 is 1.79 bits per heavy atom. The first-order valence-electron chi connectivity index (χ1n) is 15.9. The third-order valence-corrected chi connectivity index (χ3v) is 9.65. The summed E-state index contributed by atoms with van der Waals surface area (Å²) < 4.78 is 18.1. The van der Waals surface area contributed by atoms with Crippen molar-refractivity contribution in [3.05, 3.63) is 168 Å². The Kier molecular flexibility index (Phi) is 7.76. The van der Waals surface area contributed by atoms with Gasteiger partial charge in [-0.25, -0.2) is 9.37 Å². The molecule has 5 aromatic carbocycles. The number of halogens is 1. The Labute approximate surface area is 278 Å². The van der Waals surface area contributed by atoms with Crippen molar-refractivity contribution in [2.24, 2.45) is 5.41 Å². The lowest BCUT2D eigenvalue weighted by atomic mass is 9.77. The first-order chi connectivity index (χ1) is 23.2. The molecule has 0 radical (unpaired) electrons. The van der Waals surface area contributed by atoms with Gasteiger partial charge in [0.15, 0.2) is 0 Å². The highest BCUT2D eigenvalue weighted by Gasteiger charge is 2.40. The molecular formula is C41H35FN4O2. The van der Waals surface area contributed by atoms with Crippen molar-refractivity contribution in [2.75, 3.05) is 0 Å². The fourth-order valence-corrected chi connectivity index (χ4v) is 6.55. The van der Waals surface area contributed by atoms with Crippen molar-refractivity contribution < 1.29 is 14.3 Å². The lowest BCUT2D eigenvalue weighted by Crippen LogP contribution is -2.38. The summed E-state index contributed by atoms with van der Waals surface area (Å²) in [6.45, 7) is 5.35. The number of nitrogens with zero attached hydrogens (tertiary/aromatic N) is 4. The van der Waals surface area contributed by atoms with Gasteiger partial charge in [0.25, 0.3) is 0 Å². The second-order valence-corrected chi connectivity index (χ2v) is 12.7. The Hall–Kier alpha value is -5.82. The molecule has 48 heavy (non-hydrogen) atoms. The summed E-state index contributed by atoms with van der Waals surface area (Å²) in [6.07, 6.45) is 3.78. The Morgan fingerprint density at radius 1 is 0.750 bits per heavy atom. The smallest absolute Gasteiger partial charge is 0.311 e. The summed E-state index contributed by atoms with van der Waals surface area (Å²) in [4.78, 5) is 16.8. The van der Waals surface area contributed by atoms with E-state index in [-0.39, 0.29) is 11.9 Å². The highest BCUT2D eigenvalue weighted by Crippen LogP contribution is 2.44. The average Bonchev–Trinajstić information content (AvgIpc) is 3.75. The molecular weight excluding hydrogens is 599 g/mol. The predicted molar refractivity (Wildman–Crippen MR) is 187 cm³/mol. The number of aromatic nitrogens is 4. The average molecular weight is 635 g/mol. The van der Waals surface area contributed by atoms with E-state index in [1.54, 1.807) is 32.3 Å². The summed E-state index contributed by atoms with van der Waals surface area (Å²) in [5.41, 5.74) is 6.03. The number of benzene rings is 5. The molecule has 0 spiro atoms. The molecule has 1 unspecified atom stereocenters. The number of carboxylic acid groups (broad SMARTS) is 1. The maximum absolute atomic E-state index is 14.2. The Morgan fingerprint density at radius 2 is 1.27 bits per heavy atom. The van der Waals surface area contributed by atoms with Crippen LogP contribution in [0, 0.1) is 11.2 Å². The summed E-state index contributed by atoms with van der Waals surface area (Å²) in [6, 6.07) is 43.1. The van der Waals surface area contributed by atoms with Crippen LogP contribution in [0.25, 0.3) is 33.4 Å². The Balaban J connectivity index is 1.49. The van der Waals surface area contributed by atoms with Crippen molar-refractivity contribution in [1.82, 2.24) is 19.3 Å². The third-order valence-electron chi connectivity index (χ3n) is 9.65. The van der Waals surface area contributed by atoms with Crippen LogP contribution in [0.3, 0.4) is 0 Å². The fourth-order valence-electron chi connectivity index (χ4n) is 6.55. The zero-order valence-electron chi connectivity index (χ0n) is 27.0. The molecule has 7 heteroatoms. The van der Waals surface area contributed by atoms with E-state index < -0.39 is 16.9 Å². The summed E-state index contributed by atoms with van der Waals surface area (Å²) in [7, 11) is 0. The molecule has 0 aliphatic rings. The molecule has 0 fully saturated rings. The molecule has 238 valence electrons. The lowest BCUT2D eigenvalue weighted by molar-refractivity contribution is -0.149. The normalized spacial score (nSPS) is 12.7. The number of carboxylic acids is 1. The largest absolute Gasteiger partial charge is 0.481 e. The topological polar surface area (TPSA) is 72.9 Å². The number of imidazole rings is 1. The maximum atomic E-state index is 14.2. The summed E-state index contributed by atoms with van der Waals surface area (Å²) in [5, 5.41) is 15.2. The van der Waals surface area contributed by atoms with E-state index in [1.807, 2.05) is 89.0 Å². The second-order valence-electron chi connectivity index (χ2n) is 12.7. The van der Waals surface area contributed by atoms with Gasteiger partial charge < -0.3 is 9.67 Å². The van der Waals surface area contributed by atoms with Crippen LogP contribution in [-0.2, 0) is 10.3 Å². The quantitative estimate of drug-likeness (QED) is 0.161. The lowest BCUT2D eigenvalue weighted by Gasteiger charge is -2.36. The fraction of sp³-hybridized carbons (Fsp3) is 0.146. The molecule has 6 nitrogen and oxygen atoms in total. The minimum atomic E-state index is -1.00. The van der Waals surface area contributed by atoms with Gasteiger partial charge in [0, 0.05) is 23.4 Å². The van der Waals surface area contributed by atoms with E-state index in [1.165, 1.54) is 12.1 Å². The van der Waals surface area contributed by atoms with Gasteiger partial charge in [-0.1, -0.05) is 97.1 Å². The SMILES string of the molecule is CC(n1cnc2cc(-c3cn(C(c4ccccc4)(c4ccccc4)c4ccccc4)nc3-c3ccc(F)cc3)ccc21)C(C)(C)C(=O)O. The molecule has 1 N–H and O–H groups in total. The minimum Gasteiger partial charge on any atom is -0.481 e. The molecule has 0 aliphatic carbocycles. The van der Waals surface area contributed by atoms with E-state index in [2.05, 4.69) is 42.6 Å². The first kappa shape index (κ1) is 30.8. The van der Waals surface area contributed by atoms with Crippen LogP contribution < -0.4 is 0 Å². The number of hydrogen-bond donors (Lipinski definition) is 1. The third kappa shape index (κ3) is 5.08. The summed E-state index contributed by atoms with van der Waals surface area (Å²) in [5.74, 6) is -1.19. The van der Waals surface area contributed by atoms with Gasteiger partial charge >= 0.3 is 5.97 Å². The molecule has 2 aromatic heterocycles. The van der Waals surface area contributed by atoms with Crippen molar-refractivity contribution in [3.63, 3.8) is 0 Å². The number of carbonyl (C=O) groups is 1. The Bertz CT molecular complexity index is 2110. The maximum Gasteiger partial charge on any atom is 0.311 e. The van der Waals surface area contributed by atoms with Gasteiger partial charge in [-0.15, -0.1) is 0 Å². The van der Waals surface area contributed by atoms with Crippen LogP contribution >= 0.6 is 0 Å². The van der Waals surface area contributed by atoms with E-state index in [4.69, 9.17) is 10.1 Å². The molecule has 7 rings (SSSR count). The molecule has 0 bridgehead atoms. The number of rotatable bonds is 9. The molecule has 0 amide bonds. The molecule has 0 saturated heterocycles. The number of hydrogen-bond acceptors (Lipinski definition) is 3. The van der Waals surface area contributed by atoms with Gasteiger partial charge in [-0.2, -0.15) is 5.10 Å². The number of aliphatic carboxylic acids is 1. The van der Waals surface area contributed by atoms with Crippen LogP contribution in [0.5, 0.6) is 0 Å². The van der Waals surface area contributed by atoms with Crippen LogP contribution in [0.1, 0.15) is 43.5 Å². The van der Waals surface area contributed by atoms with Gasteiger partial charge in [0.2, 0.25) is 0 Å². The van der Waals surface area contributed by atoms with E-state index in [0.29, 0.717) is 5.69 Å². The molecule has 7 aromatic rings. The van der Waals surface area contributed by atoms with Crippen LogP contribution in [0.2, 0.25) is 0 Å². The standard InChI is InChI=1S/C41H35FN4O2/c1-28(40(2,3)39(47)48)45-27-43-36-25-30(21-24-37(36)45)35-26-46(44-38(35)29-19-22-34(42)23-20-29)41(31-13-7-4-8-14-31,32-15-9-5-10-16-32)33-17-11-6-12-18-33/h4-28H,1-3H3,(H,47,48).